The number of carbonyl (C=O) groups is 1. The van der Waals surface area contributed by atoms with Crippen LogP contribution in [0.5, 0.6) is 0 Å². The Morgan fingerprint density at radius 2 is 2.00 bits per heavy atom. The lowest BCUT2D eigenvalue weighted by Crippen LogP contribution is -2.24. The first-order valence-electron chi connectivity index (χ1n) is 9.66. The van der Waals surface area contributed by atoms with Gasteiger partial charge in [-0.15, -0.1) is 5.10 Å². The maximum Gasteiger partial charge on any atom is 0.232 e. The average Bonchev–Trinajstić information content (AvgIpc) is 3.46. The van der Waals surface area contributed by atoms with E-state index >= 15 is 0 Å². The number of anilines is 1. The fourth-order valence-corrected chi connectivity index (χ4v) is 3.71. The first-order chi connectivity index (χ1) is 14.1. The zero-order valence-electron chi connectivity index (χ0n) is 16.2. The second-order valence-corrected chi connectivity index (χ2v) is 7.31. The van der Waals surface area contributed by atoms with E-state index in [9.17, 15) is 4.79 Å². The van der Waals surface area contributed by atoms with Crippen molar-refractivity contribution in [3.63, 3.8) is 0 Å². The number of amides is 1. The SMILES string of the molecule is CCn1nnc2cc(-c3noc([C@H]4CC(=O)N(c5ccc(C)cc5)C4)n3)ccc21. The average molecular weight is 388 g/mol. The molecule has 1 fully saturated rings. The van der Waals surface area contributed by atoms with Crippen LogP contribution in [-0.4, -0.2) is 37.6 Å². The van der Waals surface area contributed by atoms with Gasteiger partial charge in [-0.1, -0.05) is 28.1 Å². The van der Waals surface area contributed by atoms with Crippen molar-refractivity contribution in [2.24, 2.45) is 0 Å². The normalized spacial score (nSPS) is 16.8. The highest BCUT2D eigenvalue weighted by atomic mass is 16.5. The van der Waals surface area contributed by atoms with Crippen LogP contribution in [0, 0.1) is 6.92 Å². The standard InChI is InChI=1S/C21H20N6O2/c1-3-27-18-9-6-14(10-17(18)23-25-27)20-22-21(29-24-20)15-11-19(28)26(12-15)16-7-4-13(2)5-8-16/h4-10,15H,3,11-12H2,1-2H3/t15-/m0/s1. The molecule has 2 aromatic carbocycles. The van der Waals surface area contributed by atoms with E-state index in [0.29, 0.717) is 24.7 Å². The van der Waals surface area contributed by atoms with E-state index in [1.165, 1.54) is 0 Å². The predicted octanol–water partition coefficient (Wildman–Crippen LogP) is 3.33. The summed E-state index contributed by atoms with van der Waals surface area (Å²) >= 11 is 0. The minimum absolute atomic E-state index is 0.0659. The first-order valence-corrected chi connectivity index (χ1v) is 9.66. The van der Waals surface area contributed by atoms with E-state index in [0.717, 1.165) is 34.4 Å². The van der Waals surface area contributed by atoms with Crippen molar-refractivity contribution in [3.8, 4) is 11.4 Å². The highest BCUT2D eigenvalue weighted by molar-refractivity contribution is 5.96. The van der Waals surface area contributed by atoms with E-state index in [1.807, 2.05) is 61.0 Å². The number of nitrogens with zero attached hydrogens (tertiary/aromatic N) is 6. The Morgan fingerprint density at radius 3 is 2.79 bits per heavy atom. The van der Waals surface area contributed by atoms with Crippen LogP contribution in [0.25, 0.3) is 22.4 Å². The third-order valence-electron chi connectivity index (χ3n) is 5.33. The molecule has 5 rings (SSSR count). The Morgan fingerprint density at radius 1 is 1.17 bits per heavy atom. The summed E-state index contributed by atoms with van der Waals surface area (Å²) in [6.07, 6.45) is 0.360. The Hall–Kier alpha value is -3.55. The third kappa shape index (κ3) is 3.06. The van der Waals surface area contributed by atoms with E-state index in [2.05, 4.69) is 20.5 Å². The van der Waals surface area contributed by atoms with Gasteiger partial charge in [0.25, 0.3) is 0 Å². The molecule has 1 aliphatic rings. The second-order valence-electron chi connectivity index (χ2n) is 7.31. The zero-order chi connectivity index (χ0) is 20.0. The maximum atomic E-state index is 12.5. The molecule has 0 radical (unpaired) electrons. The number of hydrogen-bond donors (Lipinski definition) is 0. The fraction of sp³-hybridized carbons (Fsp3) is 0.286. The lowest BCUT2D eigenvalue weighted by Gasteiger charge is -2.16. The molecule has 1 atom stereocenters. The smallest absolute Gasteiger partial charge is 0.232 e. The van der Waals surface area contributed by atoms with Gasteiger partial charge < -0.3 is 9.42 Å². The largest absolute Gasteiger partial charge is 0.339 e. The first kappa shape index (κ1) is 17.5. The van der Waals surface area contributed by atoms with Crippen molar-refractivity contribution in [2.75, 3.05) is 11.4 Å². The summed E-state index contributed by atoms with van der Waals surface area (Å²) in [5, 5.41) is 12.5. The van der Waals surface area contributed by atoms with E-state index in [4.69, 9.17) is 4.52 Å². The van der Waals surface area contributed by atoms with Gasteiger partial charge in [0.05, 0.1) is 11.4 Å². The number of benzene rings is 2. The van der Waals surface area contributed by atoms with Crippen molar-refractivity contribution < 1.29 is 9.32 Å². The molecule has 0 spiro atoms. The minimum atomic E-state index is -0.116. The van der Waals surface area contributed by atoms with Gasteiger partial charge in [-0.25, -0.2) is 4.68 Å². The fourth-order valence-electron chi connectivity index (χ4n) is 3.71. The van der Waals surface area contributed by atoms with Crippen LogP contribution in [0.1, 0.15) is 30.7 Å². The summed E-state index contributed by atoms with van der Waals surface area (Å²) in [4.78, 5) is 18.9. The number of aromatic nitrogens is 5. The lowest BCUT2D eigenvalue weighted by atomic mass is 10.1. The maximum absolute atomic E-state index is 12.5. The van der Waals surface area contributed by atoms with Crippen LogP contribution in [-0.2, 0) is 11.3 Å². The number of aryl methyl sites for hydroxylation is 2. The Kier molecular flexibility index (Phi) is 4.12. The van der Waals surface area contributed by atoms with Crippen LogP contribution < -0.4 is 4.90 Å². The second kappa shape index (κ2) is 6.80. The van der Waals surface area contributed by atoms with E-state index in [1.54, 1.807) is 4.90 Å². The number of fused-ring (bicyclic) bond motifs is 1. The van der Waals surface area contributed by atoms with Crippen molar-refractivity contribution in [3.05, 3.63) is 53.9 Å². The molecule has 2 aromatic heterocycles. The summed E-state index contributed by atoms with van der Waals surface area (Å²) in [7, 11) is 0. The molecule has 4 aromatic rings. The molecule has 0 aliphatic carbocycles. The molecule has 0 bridgehead atoms. The van der Waals surface area contributed by atoms with Crippen molar-refractivity contribution >= 4 is 22.6 Å². The molecule has 1 aliphatic heterocycles. The quantitative estimate of drug-likeness (QED) is 0.533. The third-order valence-corrected chi connectivity index (χ3v) is 5.33. The molecule has 0 N–H and O–H groups in total. The molecule has 1 saturated heterocycles. The van der Waals surface area contributed by atoms with Crippen LogP contribution in [0.2, 0.25) is 0 Å². The topological polar surface area (TPSA) is 89.9 Å². The summed E-state index contributed by atoms with van der Waals surface area (Å²) in [5.41, 5.74) is 4.63. The molecule has 8 heteroatoms. The molecule has 146 valence electrons. The zero-order valence-corrected chi connectivity index (χ0v) is 16.2. The summed E-state index contributed by atoms with van der Waals surface area (Å²) in [6.45, 7) is 5.34. The Bertz CT molecular complexity index is 1190. The molecular weight excluding hydrogens is 368 g/mol. The molecule has 3 heterocycles. The van der Waals surface area contributed by atoms with Crippen LogP contribution in [0.3, 0.4) is 0 Å². The van der Waals surface area contributed by atoms with E-state index in [-0.39, 0.29) is 11.8 Å². The van der Waals surface area contributed by atoms with Gasteiger partial charge in [0.1, 0.15) is 5.52 Å². The van der Waals surface area contributed by atoms with Crippen molar-refractivity contribution in [1.82, 2.24) is 25.1 Å². The summed E-state index contributed by atoms with van der Waals surface area (Å²) in [6, 6.07) is 13.7. The molecule has 0 saturated carbocycles. The van der Waals surface area contributed by atoms with Crippen molar-refractivity contribution in [1.29, 1.82) is 0 Å². The van der Waals surface area contributed by atoms with E-state index < -0.39 is 0 Å². The lowest BCUT2D eigenvalue weighted by molar-refractivity contribution is -0.117. The van der Waals surface area contributed by atoms with Crippen molar-refractivity contribution in [2.45, 2.75) is 32.7 Å². The highest BCUT2D eigenvalue weighted by Gasteiger charge is 2.35. The molecule has 1 amide bonds. The minimum Gasteiger partial charge on any atom is -0.339 e. The molecule has 29 heavy (non-hydrogen) atoms. The van der Waals surface area contributed by atoms with Gasteiger partial charge in [0, 0.05) is 30.8 Å². The van der Waals surface area contributed by atoms with Gasteiger partial charge in [-0.05, 0) is 44.2 Å². The number of carbonyl (C=O) groups excluding carboxylic acids is 1. The van der Waals surface area contributed by atoms with Gasteiger partial charge in [-0.2, -0.15) is 4.98 Å². The molecular formula is C21H20N6O2. The van der Waals surface area contributed by atoms with Gasteiger partial charge in [0.2, 0.25) is 17.6 Å². The summed E-state index contributed by atoms with van der Waals surface area (Å²) in [5.74, 6) is 0.931. The monoisotopic (exact) mass is 388 g/mol. The number of hydrogen-bond acceptors (Lipinski definition) is 6. The Balaban J connectivity index is 1.39. The number of rotatable bonds is 4. The predicted molar refractivity (Wildman–Crippen MR) is 107 cm³/mol. The van der Waals surface area contributed by atoms with Gasteiger partial charge in [-0.3, -0.25) is 4.79 Å². The summed E-state index contributed by atoms with van der Waals surface area (Å²) < 4.78 is 7.35. The van der Waals surface area contributed by atoms with Crippen LogP contribution in [0.4, 0.5) is 5.69 Å². The Labute approximate surface area is 167 Å². The van der Waals surface area contributed by atoms with Gasteiger partial charge in [0.15, 0.2) is 0 Å². The van der Waals surface area contributed by atoms with Crippen LogP contribution in [0.15, 0.2) is 47.0 Å². The molecule has 8 nitrogen and oxygen atoms in total. The highest BCUT2D eigenvalue weighted by Crippen LogP contribution is 2.32. The van der Waals surface area contributed by atoms with Crippen LogP contribution >= 0.6 is 0 Å². The van der Waals surface area contributed by atoms with Gasteiger partial charge >= 0.3 is 0 Å². The molecule has 0 unspecified atom stereocenters.